The molecule has 0 atom stereocenters. The van der Waals surface area contributed by atoms with Crippen LogP contribution in [0.3, 0.4) is 0 Å². The zero-order valence-corrected chi connectivity index (χ0v) is 14.5. The molecule has 2 aromatic carbocycles. The number of carbonyl (C=O) groups excluding carboxylic acids is 1. The predicted molar refractivity (Wildman–Crippen MR) is 93.2 cm³/mol. The minimum atomic E-state index is -0.140. The highest BCUT2D eigenvalue weighted by molar-refractivity contribution is 5.97. The number of carbonyl (C=O) groups is 1. The van der Waals surface area contributed by atoms with Crippen LogP contribution >= 0.6 is 0 Å². The summed E-state index contributed by atoms with van der Waals surface area (Å²) in [4.78, 5) is 14.2. The molecule has 0 aliphatic carbocycles. The van der Waals surface area contributed by atoms with E-state index in [9.17, 15) is 4.79 Å². The molecule has 0 heterocycles. The van der Waals surface area contributed by atoms with E-state index in [-0.39, 0.29) is 5.91 Å². The van der Waals surface area contributed by atoms with Crippen LogP contribution in [0.1, 0.15) is 15.9 Å². The fraction of sp³-hybridized carbons (Fsp3) is 0.316. The maximum Gasteiger partial charge on any atom is 0.257 e. The molecule has 0 N–H and O–H groups in total. The van der Waals surface area contributed by atoms with Gasteiger partial charge in [-0.15, -0.1) is 0 Å². The molecule has 0 bridgehead atoms. The minimum Gasteiger partial charge on any atom is -0.497 e. The Kier molecular flexibility index (Phi) is 6.07. The van der Waals surface area contributed by atoms with Crippen LogP contribution in [0.2, 0.25) is 0 Å². The van der Waals surface area contributed by atoms with E-state index in [4.69, 9.17) is 14.2 Å². The Morgan fingerprint density at radius 1 is 1.04 bits per heavy atom. The van der Waals surface area contributed by atoms with Crippen molar-refractivity contribution in [3.63, 3.8) is 0 Å². The number of hydrogen-bond donors (Lipinski definition) is 0. The molecule has 0 saturated carbocycles. The summed E-state index contributed by atoms with van der Waals surface area (Å²) >= 11 is 0. The third kappa shape index (κ3) is 4.19. The number of benzene rings is 2. The van der Waals surface area contributed by atoms with E-state index in [1.165, 1.54) is 0 Å². The van der Waals surface area contributed by atoms with Crippen molar-refractivity contribution in [2.45, 2.75) is 6.92 Å². The summed E-state index contributed by atoms with van der Waals surface area (Å²) in [6, 6.07) is 13.0. The molecular weight excluding hydrogens is 306 g/mol. The average Bonchev–Trinajstić information content (AvgIpc) is 2.62. The van der Waals surface area contributed by atoms with Gasteiger partial charge in [-0.2, -0.15) is 0 Å². The van der Waals surface area contributed by atoms with Crippen molar-refractivity contribution in [1.82, 2.24) is 4.90 Å². The number of nitrogens with zero attached hydrogens (tertiary/aromatic N) is 1. The number of amides is 1. The summed E-state index contributed by atoms with van der Waals surface area (Å²) in [5.74, 6) is 1.83. The van der Waals surface area contributed by atoms with Gasteiger partial charge in [-0.25, -0.2) is 0 Å². The minimum absolute atomic E-state index is 0.140. The average molecular weight is 329 g/mol. The topological polar surface area (TPSA) is 48.0 Å². The Morgan fingerprint density at radius 2 is 1.79 bits per heavy atom. The van der Waals surface area contributed by atoms with Gasteiger partial charge in [0, 0.05) is 7.05 Å². The molecule has 0 fully saturated rings. The first-order valence-corrected chi connectivity index (χ1v) is 7.72. The molecule has 5 heteroatoms. The van der Waals surface area contributed by atoms with E-state index in [2.05, 4.69) is 0 Å². The lowest BCUT2D eigenvalue weighted by Gasteiger charge is -2.19. The van der Waals surface area contributed by atoms with E-state index in [1.807, 2.05) is 31.2 Å². The number of para-hydroxylation sites is 1. The Labute approximate surface area is 142 Å². The van der Waals surface area contributed by atoms with E-state index in [0.717, 1.165) is 11.3 Å². The quantitative estimate of drug-likeness (QED) is 0.783. The Balaban J connectivity index is 2.00. The van der Waals surface area contributed by atoms with Gasteiger partial charge in [-0.3, -0.25) is 4.79 Å². The summed E-state index contributed by atoms with van der Waals surface area (Å²) in [5.41, 5.74) is 1.54. The van der Waals surface area contributed by atoms with Gasteiger partial charge in [0.25, 0.3) is 5.91 Å². The van der Waals surface area contributed by atoms with E-state index >= 15 is 0 Å². The van der Waals surface area contributed by atoms with Crippen molar-refractivity contribution in [2.75, 3.05) is 34.4 Å². The molecule has 0 spiro atoms. The second-order valence-electron chi connectivity index (χ2n) is 5.41. The molecule has 1 amide bonds. The van der Waals surface area contributed by atoms with Crippen LogP contribution in [-0.4, -0.2) is 45.2 Å². The largest absolute Gasteiger partial charge is 0.497 e. The fourth-order valence-electron chi connectivity index (χ4n) is 2.30. The monoisotopic (exact) mass is 329 g/mol. The van der Waals surface area contributed by atoms with Crippen LogP contribution in [0, 0.1) is 6.92 Å². The molecule has 0 radical (unpaired) electrons. The number of methoxy groups -OCH3 is 2. The first-order chi connectivity index (χ1) is 11.6. The van der Waals surface area contributed by atoms with Gasteiger partial charge in [0.2, 0.25) is 0 Å². The van der Waals surface area contributed by atoms with Gasteiger partial charge < -0.3 is 19.1 Å². The lowest BCUT2D eigenvalue weighted by Crippen LogP contribution is -2.31. The van der Waals surface area contributed by atoms with Gasteiger partial charge in [0.1, 0.15) is 23.9 Å². The van der Waals surface area contributed by atoms with Crippen LogP contribution < -0.4 is 14.2 Å². The van der Waals surface area contributed by atoms with Gasteiger partial charge in [0.15, 0.2) is 0 Å². The van der Waals surface area contributed by atoms with Crippen molar-refractivity contribution in [3.05, 3.63) is 53.6 Å². The van der Waals surface area contributed by atoms with Crippen LogP contribution in [0.15, 0.2) is 42.5 Å². The number of hydrogen-bond acceptors (Lipinski definition) is 4. The van der Waals surface area contributed by atoms with Crippen molar-refractivity contribution in [3.8, 4) is 17.2 Å². The zero-order chi connectivity index (χ0) is 17.5. The summed E-state index contributed by atoms with van der Waals surface area (Å²) in [5, 5.41) is 0. The summed E-state index contributed by atoms with van der Waals surface area (Å²) in [6.45, 7) is 2.87. The molecule has 5 nitrogen and oxygen atoms in total. The molecule has 0 aliphatic rings. The van der Waals surface area contributed by atoms with E-state index in [0.29, 0.717) is 30.2 Å². The fourth-order valence-corrected chi connectivity index (χ4v) is 2.30. The highest BCUT2D eigenvalue weighted by Gasteiger charge is 2.17. The van der Waals surface area contributed by atoms with Gasteiger partial charge in [-0.05, 0) is 36.8 Å². The molecular formula is C19H23NO4. The highest BCUT2D eigenvalue weighted by Crippen LogP contribution is 2.25. The highest BCUT2D eigenvalue weighted by atomic mass is 16.5. The Hall–Kier alpha value is -2.69. The lowest BCUT2D eigenvalue weighted by molar-refractivity contribution is 0.0770. The standard InChI is InChI=1S/C19H23NO4/c1-14-7-5-6-8-17(14)24-12-11-20(2)19(21)16-13-15(22-3)9-10-18(16)23-4/h5-10,13H,11-12H2,1-4H3. The van der Waals surface area contributed by atoms with E-state index < -0.39 is 0 Å². The number of likely N-dealkylation sites (N-methyl/N-ethyl adjacent to an activating group) is 1. The van der Waals surface area contributed by atoms with Crippen molar-refractivity contribution in [2.24, 2.45) is 0 Å². The Bertz CT molecular complexity index is 700. The van der Waals surface area contributed by atoms with Crippen LogP contribution in [0.4, 0.5) is 0 Å². The number of rotatable bonds is 7. The molecule has 24 heavy (non-hydrogen) atoms. The number of aryl methyl sites for hydroxylation is 1. The van der Waals surface area contributed by atoms with Gasteiger partial charge >= 0.3 is 0 Å². The molecule has 2 aromatic rings. The molecule has 0 saturated heterocycles. The van der Waals surface area contributed by atoms with Crippen molar-refractivity contribution in [1.29, 1.82) is 0 Å². The van der Waals surface area contributed by atoms with Gasteiger partial charge in [0.05, 0.1) is 26.3 Å². The maximum atomic E-state index is 12.6. The van der Waals surface area contributed by atoms with E-state index in [1.54, 1.807) is 44.4 Å². The maximum absolute atomic E-state index is 12.6. The third-order valence-electron chi connectivity index (χ3n) is 3.76. The van der Waals surface area contributed by atoms with Crippen LogP contribution in [0.25, 0.3) is 0 Å². The normalized spacial score (nSPS) is 10.2. The first kappa shape index (κ1) is 17.7. The summed E-state index contributed by atoms with van der Waals surface area (Å²) in [6.07, 6.45) is 0. The van der Waals surface area contributed by atoms with Crippen LogP contribution in [0.5, 0.6) is 17.2 Å². The molecule has 0 aliphatic heterocycles. The van der Waals surface area contributed by atoms with Crippen molar-refractivity contribution >= 4 is 5.91 Å². The Morgan fingerprint density at radius 3 is 2.46 bits per heavy atom. The number of ether oxygens (including phenoxy) is 3. The molecule has 0 unspecified atom stereocenters. The second kappa shape index (κ2) is 8.24. The SMILES string of the molecule is COc1ccc(OC)c(C(=O)N(C)CCOc2ccccc2C)c1. The summed E-state index contributed by atoms with van der Waals surface area (Å²) in [7, 11) is 4.85. The smallest absolute Gasteiger partial charge is 0.257 e. The lowest BCUT2D eigenvalue weighted by atomic mass is 10.1. The molecule has 0 aromatic heterocycles. The second-order valence-corrected chi connectivity index (χ2v) is 5.41. The summed E-state index contributed by atoms with van der Waals surface area (Å²) < 4.78 is 16.2. The third-order valence-corrected chi connectivity index (χ3v) is 3.76. The zero-order valence-electron chi connectivity index (χ0n) is 14.5. The predicted octanol–water partition coefficient (Wildman–Crippen LogP) is 3.16. The molecule has 128 valence electrons. The van der Waals surface area contributed by atoms with Crippen molar-refractivity contribution < 1.29 is 19.0 Å². The van der Waals surface area contributed by atoms with Gasteiger partial charge in [-0.1, -0.05) is 18.2 Å². The molecule has 2 rings (SSSR count). The first-order valence-electron chi connectivity index (χ1n) is 7.72. The van der Waals surface area contributed by atoms with Crippen LogP contribution in [-0.2, 0) is 0 Å².